The van der Waals surface area contributed by atoms with E-state index in [1.807, 2.05) is 42.5 Å². The molecular formula is C24H25NO6. The van der Waals surface area contributed by atoms with Crippen LogP contribution in [0.25, 0.3) is 0 Å². The summed E-state index contributed by atoms with van der Waals surface area (Å²) in [6, 6.07) is 14.9. The second-order valence-electron chi connectivity index (χ2n) is 7.26. The highest BCUT2D eigenvalue weighted by Gasteiger charge is 2.20. The van der Waals surface area contributed by atoms with E-state index in [0.29, 0.717) is 36.5 Å². The third kappa shape index (κ3) is 6.86. The van der Waals surface area contributed by atoms with Gasteiger partial charge in [-0.05, 0) is 30.2 Å². The summed E-state index contributed by atoms with van der Waals surface area (Å²) < 4.78 is 11.0. The van der Waals surface area contributed by atoms with Gasteiger partial charge in [-0.2, -0.15) is 0 Å². The van der Waals surface area contributed by atoms with Crippen molar-refractivity contribution in [2.75, 3.05) is 19.8 Å². The Bertz CT molecular complexity index is 982. The van der Waals surface area contributed by atoms with Crippen LogP contribution in [0.1, 0.15) is 36.8 Å². The van der Waals surface area contributed by atoms with Gasteiger partial charge in [0.2, 0.25) is 0 Å². The van der Waals surface area contributed by atoms with Gasteiger partial charge in [0.05, 0.1) is 24.4 Å². The topological polar surface area (TPSA) is 102 Å². The van der Waals surface area contributed by atoms with Crippen LogP contribution in [0.5, 0.6) is 5.75 Å². The first kappa shape index (κ1) is 22.4. The number of Topliss-reactive ketones (excluding diaryl/α,β-unsaturated/α-hetero) is 2. The van der Waals surface area contributed by atoms with E-state index in [0.717, 1.165) is 11.3 Å². The van der Waals surface area contributed by atoms with Crippen LogP contribution in [0, 0.1) is 0 Å². The molecule has 7 heteroatoms. The van der Waals surface area contributed by atoms with Crippen molar-refractivity contribution in [3.63, 3.8) is 0 Å². The summed E-state index contributed by atoms with van der Waals surface area (Å²) in [6.45, 7) is 0.370. The highest BCUT2D eigenvalue weighted by atomic mass is 16.5. The number of carboxylic acid groups (broad SMARTS) is 1. The van der Waals surface area contributed by atoms with E-state index < -0.39 is 5.97 Å². The molecule has 0 radical (unpaired) electrons. The van der Waals surface area contributed by atoms with Gasteiger partial charge in [-0.1, -0.05) is 30.3 Å². The van der Waals surface area contributed by atoms with E-state index in [9.17, 15) is 14.4 Å². The van der Waals surface area contributed by atoms with Crippen molar-refractivity contribution in [3.05, 3.63) is 59.7 Å². The molecule has 2 aromatic rings. The molecule has 1 aliphatic heterocycles. The molecule has 0 saturated carbocycles. The Morgan fingerprint density at radius 2 is 1.74 bits per heavy atom. The summed E-state index contributed by atoms with van der Waals surface area (Å²) in [4.78, 5) is 39.7. The summed E-state index contributed by atoms with van der Waals surface area (Å²) in [7, 11) is 0. The molecule has 0 fully saturated rings. The lowest BCUT2D eigenvalue weighted by atomic mass is 10.0. The molecule has 0 aromatic heterocycles. The van der Waals surface area contributed by atoms with Gasteiger partial charge in [0, 0.05) is 31.4 Å². The number of nitrogens with zero attached hydrogens (tertiary/aromatic N) is 1. The van der Waals surface area contributed by atoms with Gasteiger partial charge in [-0.3, -0.25) is 19.4 Å². The number of ether oxygens (including phenoxy) is 2. The molecular weight excluding hydrogens is 398 g/mol. The summed E-state index contributed by atoms with van der Waals surface area (Å²) in [5, 5.41) is 8.55. The number of fused-ring (bicyclic) bond motifs is 1. The quantitative estimate of drug-likeness (QED) is 0.555. The highest BCUT2D eigenvalue weighted by molar-refractivity contribution is 6.14. The van der Waals surface area contributed by atoms with Crippen molar-refractivity contribution in [2.45, 2.75) is 32.1 Å². The van der Waals surface area contributed by atoms with Gasteiger partial charge >= 0.3 is 5.97 Å². The van der Waals surface area contributed by atoms with Crippen LogP contribution in [-0.4, -0.2) is 48.2 Å². The third-order valence-electron chi connectivity index (χ3n) is 4.79. The molecule has 0 amide bonds. The van der Waals surface area contributed by atoms with Crippen LogP contribution in [0.15, 0.2) is 53.5 Å². The summed E-state index contributed by atoms with van der Waals surface area (Å²) in [6.07, 6.45) is 1.28. The fourth-order valence-corrected chi connectivity index (χ4v) is 3.27. The molecule has 7 nitrogen and oxygen atoms in total. The molecule has 0 atom stereocenters. The first-order valence-corrected chi connectivity index (χ1v) is 10.2. The predicted molar refractivity (Wildman–Crippen MR) is 115 cm³/mol. The molecule has 1 aliphatic rings. The molecule has 3 rings (SSSR count). The number of hydrogen-bond acceptors (Lipinski definition) is 6. The Morgan fingerprint density at radius 3 is 2.58 bits per heavy atom. The Morgan fingerprint density at radius 1 is 0.968 bits per heavy atom. The third-order valence-corrected chi connectivity index (χ3v) is 4.79. The van der Waals surface area contributed by atoms with Gasteiger partial charge in [-0.25, -0.2) is 0 Å². The number of ketones is 2. The Hall–Kier alpha value is -3.32. The number of carboxylic acids is 1. The molecule has 0 spiro atoms. The van der Waals surface area contributed by atoms with Gasteiger partial charge < -0.3 is 14.6 Å². The fraction of sp³-hybridized carbons (Fsp3) is 0.333. The lowest BCUT2D eigenvalue weighted by molar-refractivity contribution is -0.138. The Kier molecular flexibility index (Phi) is 8.06. The molecule has 0 unspecified atom stereocenters. The first-order chi connectivity index (χ1) is 15.0. The van der Waals surface area contributed by atoms with Crippen molar-refractivity contribution in [1.82, 2.24) is 0 Å². The van der Waals surface area contributed by atoms with Gasteiger partial charge in [0.15, 0.2) is 5.78 Å². The van der Waals surface area contributed by atoms with Crippen LogP contribution in [0.3, 0.4) is 0 Å². The number of hydrogen-bond donors (Lipinski definition) is 1. The zero-order chi connectivity index (χ0) is 22.1. The van der Waals surface area contributed by atoms with Gasteiger partial charge in [0.25, 0.3) is 0 Å². The lowest BCUT2D eigenvalue weighted by Crippen LogP contribution is -2.15. The van der Waals surface area contributed by atoms with Crippen LogP contribution in [0.2, 0.25) is 0 Å². The zero-order valence-electron chi connectivity index (χ0n) is 17.2. The van der Waals surface area contributed by atoms with Crippen molar-refractivity contribution < 1.29 is 29.0 Å². The molecule has 0 saturated heterocycles. The highest BCUT2D eigenvalue weighted by Crippen LogP contribution is 2.28. The maximum Gasteiger partial charge on any atom is 0.305 e. The minimum absolute atomic E-state index is 0.0509. The molecule has 31 heavy (non-hydrogen) atoms. The van der Waals surface area contributed by atoms with Gasteiger partial charge in [0.1, 0.15) is 18.1 Å². The minimum atomic E-state index is -0.911. The van der Waals surface area contributed by atoms with Crippen LogP contribution >= 0.6 is 0 Å². The van der Waals surface area contributed by atoms with E-state index in [2.05, 4.69) is 0 Å². The number of carbonyl (C=O) groups is 3. The number of benzene rings is 2. The second-order valence-corrected chi connectivity index (χ2v) is 7.26. The van der Waals surface area contributed by atoms with Gasteiger partial charge in [-0.15, -0.1) is 0 Å². The summed E-state index contributed by atoms with van der Waals surface area (Å²) in [5.41, 5.74) is 3.01. The second kappa shape index (κ2) is 11.2. The van der Waals surface area contributed by atoms with Crippen molar-refractivity contribution in [2.24, 2.45) is 4.99 Å². The number of rotatable bonds is 11. The summed E-state index contributed by atoms with van der Waals surface area (Å²) >= 11 is 0. The number of para-hydroxylation sites is 2. The smallest absolute Gasteiger partial charge is 0.305 e. The van der Waals surface area contributed by atoms with Crippen molar-refractivity contribution in [1.29, 1.82) is 0 Å². The SMILES string of the molecule is O=C(O)CCOCCCC(=O)COc1ccccc1C1=Nc2ccccc2CC(=O)C1. The zero-order valence-corrected chi connectivity index (χ0v) is 17.2. The average Bonchev–Trinajstić information content (AvgIpc) is 2.92. The number of carbonyl (C=O) groups excluding carboxylic acids is 2. The molecule has 2 aromatic carbocycles. The predicted octanol–water partition coefficient (Wildman–Crippen LogP) is 3.54. The minimum Gasteiger partial charge on any atom is -0.485 e. The van der Waals surface area contributed by atoms with Crippen LogP contribution in [0.4, 0.5) is 5.69 Å². The fourth-order valence-electron chi connectivity index (χ4n) is 3.27. The first-order valence-electron chi connectivity index (χ1n) is 10.2. The van der Waals surface area contributed by atoms with Crippen molar-refractivity contribution in [3.8, 4) is 5.75 Å². The molecule has 1 N–H and O–H groups in total. The molecule has 0 aliphatic carbocycles. The number of aliphatic imine (C=N–C) groups is 1. The van der Waals surface area contributed by atoms with Crippen LogP contribution in [-0.2, 0) is 25.5 Å². The van der Waals surface area contributed by atoms with E-state index >= 15 is 0 Å². The molecule has 1 heterocycles. The molecule has 162 valence electrons. The van der Waals surface area contributed by atoms with E-state index in [-0.39, 0.29) is 44.0 Å². The normalized spacial score (nSPS) is 13.2. The largest absolute Gasteiger partial charge is 0.485 e. The maximum absolute atomic E-state index is 12.4. The average molecular weight is 423 g/mol. The molecule has 0 bridgehead atoms. The summed E-state index contributed by atoms with van der Waals surface area (Å²) in [5.74, 6) is -0.399. The Labute approximate surface area is 180 Å². The van der Waals surface area contributed by atoms with Crippen LogP contribution < -0.4 is 4.74 Å². The van der Waals surface area contributed by atoms with E-state index in [1.54, 1.807) is 6.07 Å². The van der Waals surface area contributed by atoms with E-state index in [1.165, 1.54) is 0 Å². The standard InChI is InChI=1S/C24H25NO6/c26-18(7-5-12-30-13-11-24(28)29)16-31-23-10-4-2-8-20(23)22-15-19(27)14-17-6-1-3-9-21(17)25-22/h1-4,6,8-10H,5,7,11-16H2,(H,28,29). The van der Waals surface area contributed by atoms with E-state index in [4.69, 9.17) is 19.6 Å². The van der Waals surface area contributed by atoms with Crippen molar-refractivity contribution >= 4 is 28.9 Å². The number of aliphatic carboxylic acids is 1. The monoisotopic (exact) mass is 423 g/mol. The maximum atomic E-state index is 12.4. The lowest BCUT2D eigenvalue weighted by Gasteiger charge is -2.12. The Balaban J connectivity index is 1.60.